The summed E-state index contributed by atoms with van der Waals surface area (Å²) in [6.07, 6.45) is -4.69. The van der Waals surface area contributed by atoms with Crippen molar-refractivity contribution in [1.29, 1.82) is 0 Å². The first kappa shape index (κ1) is 9.02. The molecule has 0 saturated heterocycles. The molecule has 0 spiro atoms. The largest absolute Gasteiger partial charge is 0.410 e. The van der Waals surface area contributed by atoms with Crippen molar-refractivity contribution in [2.75, 3.05) is 0 Å². The van der Waals surface area contributed by atoms with Gasteiger partial charge in [-0.2, -0.15) is 18.3 Å². The third-order valence-electron chi connectivity index (χ3n) is 1.55. The maximum atomic E-state index is 12.0. The number of carbonyl (C=O) groups excluding carboxylic acids is 1. The molecule has 3 nitrogen and oxygen atoms in total. The molecule has 6 heteroatoms. The first-order chi connectivity index (χ1) is 5.41. The summed E-state index contributed by atoms with van der Waals surface area (Å²) < 4.78 is 35.9. The van der Waals surface area contributed by atoms with Gasteiger partial charge < -0.3 is 0 Å². The molecule has 0 unspecified atom stereocenters. The minimum atomic E-state index is -4.33. The maximum absolute atomic E-state index is 12.0. The van der Waals surface area contributed by atoms with Crippen molar-refractivity contribution in [3.8, 4) is 0 Å². The number of hydrazone groups is 1. The number of rotatable bonds is 1. The summed E-state index contributed by atoms with van der Waals surface area (Å²) in [7, 11) is 0. The van der Waals surface area contributed by atoms with E-state index in [1.54, 1.807) is 0 Å². The predicted molar refractivity (Wildman–Crippen MR) is 35.7 cm³/mol. The van der Waals surface area contributed by atoms with Crippen LogP contribution in [0.25, 0.3) is 0 Å². The molecule has 0 amide bonds. The predicted octanol–water partition coefficient (Wildman–Crippen LogP) is 0.856. The van der Waals surface area contributed by atoms with E-state index in [2.05, 4.69) is 5.10 Å². The zero-order valence-electron chi connectivity index (χ0n) is 6.27. The lowest BCUT2D eigenvalue weighted by molar-refractivity contribution is -0.152. The van der Waals surface area contributed by atoms with Crippen LogP contribution in [0.4, 0.5) is 13.2 Å². The lowest BCUT2D eigenvalue weighted by Gasteiger charge is -2.12. The van der Waals surface area contributed by atoms with E-state index in [1.165, 1.54) is 6.92 Å². The highest BCUT2D eigenvalue weighted by molar-refractivity contribution is 6.39. The number of carbonyl (C=O) groups is 1. The Morgan fingerprint density at radius 3 is 2.50 bits per heavy atom. The van der Waals surface area contributed by atoms with Gasteiger partial charge in [-0.3, -0.25) is 10.2 Å². The van der Waals surface area contributed by atoms with Crippen molar-refractivity contribution in [3.05, 3.63) is 0 Å². The summed E-state index contributed by atoms with van der Waals surface area (Å²) in [5.74, 6) is -0.422. The first-order valence-corrected chi connectivity index (χ1v) is 3.31. The molecule has 0 aromatic heterocycles. The molecular weight excluding hydrogens is 173 g/mol. The van der Waals surface area contributed by atoms with E-state index in [-0.39, 0.29) is 12.1 Å². The zero-order valence-corrected chi connectivity index (χ0v) is 6.27. The number of Topliss-reactive ketones (excluding diaryl/α,β-unsaturated/α-hetero) is 1. The van der Waals surface area contributed by atoms with Crippen LogP contribution in [-0.2, 0) is 4.79 Å². The van der Waals surface area contributed by atoms with Crippen molar-refractivity contribution in [3.63, 3.8) is 0 Å². The molecule has 1 N–H and O–H groups in total. The molecule has 68 valence electrons. The number of hydrogen-bond acceptors (Lipinski definition) is 3. The number of nitrogens with one attached hydrogen (secondary N) is 1. The van der Waals surface area contributed by atoms with Crippen LogP contribution in [0.5, 0.6) is 0 Å². The number of ketones is 1. The van der Waals surface area contributed by atoms with E-state index in [0.717, 1.165) is 0 Å². The Morgan fingerprint density at radius 2 is 2.25 bits per heavy atom. The third-order valence-corrected chi connectivity index (χ3v) is 1.55. The quantitative estimate of drug-likeness (QED) is 0.650. The molecular formula is C6H7F3N2O. The van der Waals surface area contributed by atoms with E-state index in [0.29, 0.717) is 0 Å². The van der Waals surface area contributed by atoms with Gasteiger partial charge in [-0.25, -0.2) is 0 Å². The van der Waals surface area contributed by atoms with Gasteiger partial charge in [-0.05, 0) is 0 Å². The number of hydrogen-bond donors (Lipinski definition) is 1. The highest BCUT2D eigenvalue weighted by Gasteiger charge is 2.43. The molecule has 0 aliphatic carbocycles. The Hall–Kier alpha value is -1.07. The average molecular weight is 180 g/mol. The van der Waals surface area contributed by atoms with Crippen LogP contribution in [0.2, 0.25) is 0 Å². The second-order valence-corrected chi connectivity index (χ2v) is 2.54. The maximum Gasteiger partial charge on any atom is 0.410 e. The summed E-state index contributed by atoms with van der Waals surface area (Å²) >= 11 is 0. The Balaban J connectivity index is 2.59. The lowest BCUT2D eigenvalue weighted by Crippen LogP contribution is -2.36. The number of halogens is 3. The van der Waals surface area contributed by atoms with Gasteiger partial charge in [0.05, 0.1) is 0 Å². The summed E-state index contributed by atoms with van der Waals surface area (Å²) in [6, 6.07) is -1.70. The Labute approximate surface area is 66.6 Å². The van der Waals surface area contributed by atoms with E-state index in [9.17, 15) is 18.0 Å². The molecule has 0 bridgehead atoms. The van der Waals surface area contributed by atoms with Gasteiger partial charge in [0, 0.05) is 13.3 Å². The highest BCUT2D eigenvalue weighted by atomic mass is 19.4. The fourth-order valence-electron chi connectivity index (χ4n) is 0.852. The standard InChI is InChI=1S/C6H7F3N2O/c1-3(12)4-2-5(11-10-4)6(7,8)9/h5,11H,2H2,1H3/t5-/m0/s1. The van der Waals surface area contributed by atoms with E-state index >= 15 is 0 Å². The molecule has 12 heavy (non-hydrogen) atoms. The van der Waals surface area contributed by atoms with Gasteiger partial charge in [-0.15, -0.1) is 0 Å². The van der Waals surface area contributed by atoms with Crippen LogP contribution in [-0.4, -0.2) is 23.7 Å². The molecule has 0 aromatic carbocycles. The minimum absolute atomic E-state index is 0.0441. The normalized spacial score (nSPS) is 23.3. The lowest BCUT2D eigenvalue weighted by atomic mass is 10.1. The molecule has 0 saturated carbocycles. The van der Waals surface area contributed by atoms with Crippen molar-refractivity contribution < 1.29 is 18.0 Å². The van der Waals surface area contributed by atoms with Gasteiger partial charge in [-0.1, -0.05) is 0 Å². The van der Waals surface area contributed by atoms with Crippen molar-refractivity contribution >= 4 is 11.5 Å². The SMILES string of the molecule is CC(=O)C1=NN[C@H](C(F)(F)F)C1. The number of alkyl halides is 3. The van der Waals surface area contributed by atoms with Gasteiger partial charge >= 0.3 is 6.18 Å². The summed E-state index contributed by atoms with van der Waals surface area (Å²) in [4.78, 5) is 10.6. The van der Waals surface area contributed by atoms with Crippen LogP contribution in [0, 0.1) is 0 Å². The first-order valence-electron chi connectivity index (χ1n) is 3.31. The number of nitrogens with zero attached hydrogens (tertiary/aromatic N) is 1. The van der Waals surface area contributed by atoms with Crippen molar-refractivity contribution in [2.45, 2.75) is 25.6 Å². The Morgan fingerprint density at radius 1 is 1.67 bits per heavy atom. The van der Waals surface area contributed by atoms with Gasteiger partial charge in [0.1, 0.15) is 11.8 Å². The smallest absolute Gasteiger partial charge is 0.297 e. The average Bonchev–Trinajstić information content (AvgIpc) is 2.30. The van der Waals surface area contributed by atoms with Crippen LogP contribution >= 0.6 is 0 Å². The van der Waals surface area contributed by atoms with E-state index in [4.69, 9.17) is 0 Å². The summed E-state index contributed by atoms with van der Waals surface area (Å²) in [6.45, 7) is 1.19. The molecule has 1 heterocycles. The van der Waals surface area contributed by atoms with E-state index in [1.807, 2.05) is 5.43 Å². The van der Waals surface area contributed by atoms with Gasteiger partial charge in [0.25, 0.3) is 0 Å². The second kappa shape index (κ2) is 2.76. The van der Waals surface area contributed by atoms with Crippen LogP contribution < -0.4 is 5.43 Å². The Kier molecular flexibility index (Phi) is 2.08. The summed E-state index contributed by atoms with van der Waals surface area (Å²) in [5.41, 5.74) is 1.83. The highest BCUT2D eigenvalue weighted by Crippen LogP contribution is 2.25. The monoisotopic (exact) mass is 180 g/mol. The molecule has 0 aromatic rings. The van der Waals surface area contributed by atoms with Crippen LogP contribution in [0.1, 0.15) is 13.3 Å². The van der Waals surface area contributed by atoms with Gasteiger partial charge in [0.2, 0.25) is 0 Å². The van der Waals surface area contributed by atoms with Crippen molar-refractivity contribution in [2.24, 2.45) is 5.10 Å². The fourth-order valence-corrected chi connectivity index (χ4v) is 0.852. The zero-order chi connectivity index (χ0) is 9.35. The van der Waals surface area contributed by atoms with Gasteiger partial charge in [0.15, 0.2) is 5.78 Å². The minimum Gasteiger partial charge on any atom is -0.297 e. The Bertz CT molecular complexity index is 233. The topological polar surface area (TPSA) is 41.5 Å². The van der Waals surface area contributed by atoms with Crippen LogP contribution in [0.15, 0.2) is 5.10 Å². The third kappa shape index (κ3) is 1.75. The van der Waals surface area contributed by atoms with E-state index < -0.39 is 18.0 Å². The molecule has 0 radical (unpaired) electrons. The second-order valence-electron chi connectivity index (χ2n) is 2.54. The molecule has 0 fully saturated rings. The molecule has 1 rings (SSSR count). The molecule has 1 atom stereocenters. The molecule has 1 aliphatic rings. The fraction of sp³-hybridized carbons (Fsp3) is 0.667. The summed E-state index contributed by atoms with van der Waals surface area (Å²) in [5, 5.41) is 3.28. The van der Waals surface area contributed by atoms with Crippen molar-refractivity contribution in [1.82, 2.24) is 5.43 Å². The van der Waals surface area contributed by atoms with Crippen LogP contribution in [0.3, 0.4) is 0 Å². The molecule has 1 aliphatic heterocycles.